The Bertz CT molecular complexity index is 630. The number of nitrogens with zero attached hydrogens (tertiary/aromatic N) is 1. The maximum Gasteiger partial charge on any atom is 0.325 e. The van der Waals surface area contributed by atoms with E-state index >= 15 is 0 Å². The molecule has 1 atom stereocenters. The number of urea groups is 1. The van der Waals surface area contributed by atoms with E-state index in [-0.39, 0.29) is 6.54 Å². The van der Waals surface area contributed by atoms with Crippen LogP contribution >= 0.6 is 0 Å². The molecule has 2 rings (SSSR count). The minimum atomic E-state index is -0.935. The largest absolute Gasteiger partial charge is 0.480 e. The fraction of sp³-hybridized carbons (Fsp3) is 0.438. The summed E-state index contributed by atoms with van der Waals surface area (Å²) >= 11 is 0. The minimum Gasteiger partial charge on any atom is -0.480 e. The molecule has 0 saturated carbocycles. The van der Waals surface area contributed by atoms with Crippen molar-refractivity contribution < 1.29 is 19.5 Å². The quantitative estimate of drug-likeness (QED) is 0.781. The van der Waals surface area contributed by atoms with Crippen molar-refractivity contribution in [2.45, 2.75) is 32.7 Å². The van der Waals surface area contributed by atoms with Crippen molar-refractivity contribution in [3.8, 4) is 0 Å². The van der Waals surface area contributed by atoms with Crippen LogP contribution in [0.2, 0.25) is 0 Å². The van der Waals surface area contributed by atoms with Crippen molar-refractivity contribution in [2.24, 2.45) is 0 Å². The Kier molecular flexibility index (Phi) is 5.33. The molecule has 0 bridgehead atoms. The zero-order valence-corrected chi connectivity index (χ0v) is 13.3. The van der Waals surface area contributed by atoms with Crippen LogP contribution < -0.4 is 10.6 Å². The van der Waals surface area contributed by atoms with Crippen LogP contribution in [0, 0.1) is 13.8 Å². The lowest BCUT2D eigenvalue weighted by atomic mass is 10.1. The summed E-state index contributed by atoms with van der Waals surface area (Å²) in [5, 5.41) is 13.9. The molecule has 1 aromatic carbocycles. The highest BCUT2D eigenvalue weighted by atomic mass is 16.4. The summed E-state index contributed by atoms with van der Waals surface area (Å²) in [6.07, 6.45) is 1.26. The topological polar surface area (TPSA) is 98.7 Å². The number of carboxylic acid groups (broad SMARTS) is 1. The van der Waals surface area contributed by atoms with Gasteiger partial charge in [0.25, 0.3) is 0 Å². The number of imide groups is 1. The summed E-state index contributed by atoms with van der Waals surface area (Å²) < 4.78 is 0. The number of amides is 3. The van der Waals surface area contributed by atoms with E-state index in [0.717, 1.165) is 17.5 Å². The van der Waals surface area contributed by atoms with Crippen LogP contribution in [0.5, 0.6) is 0 Å². The van der Waals surface area contributed by atoms with Gasteiger partial charge in [0, 0.05) is 5.69 Å². The number of carbonyl (C=O) groups is 3. The Morgan fingerprint density at radius 1 is 1.30 bits per heavy atom. The maximum atomic E-state index is 11.9. The molecule has 1 unspecified atom stereocenters. The number of carboxylic acids is 1. The zero-order valence-electron chi connectivity index (χ0n) is 13.3. The number of likely N-dealkylation sites (tertiary alicyclic amines) is 1. The number of aliphatic carboxylic acids is 1. The number of benzene rings is 1. The first-order valence-electron chi connectivity index (χ1n) is 7.52. The molecular formula is C16H21N3O4. The Labute approximate surface area is 134 Å². The summed E-state index contributed by atoms with van der Waals surface area (Å²) in [5.41, 5.74) is 2.61. The van der Waals surface area contributed by atoms with Crippen LogP contribution in [0.3, 0.4) is 0 Å². The Morgan fingerprint density at radius 2 is 2.04 bits per heavy atom. The fourth-order valence-electron chi connectivity index (χ4n) is 2.75. The lowest BCUT2D eigenvalue weighted by Gasteiger charge is -2.20. The van der Waals surface area contributed by atoms with Gasteiger partial charge in [0.1, 0.15) is 6.04 Å². The van der Waals surface area contributed by atoms with Crippen molar-refractivity contribution >= 4 is 23.6 Å². The highest BCUT2D eigenvalue weighted by Crippen LogP contribution is 2.17. The first-order chi connectivity index (χ1) is 10.9. The first kappa shape index (κ1) is 17.0. The zero-order chi connectivity index (χ0) is 17.0. The fourth-order valence-corrected chi connectivity index (χ4v) is 2.75. The third-order valence-electron chi connectivity index (χ3n) is 3.88. The van der Waals surface area contributed by atoms with E-state index in [9.17, 15) is 14.4 Å². The van der Waals surface area contributed by atoms with Crippen molar-refractivity contribution in [3.63, 3.8) is 0 Å². The van der Waals surface area contributed by atoms with Gasteiger partial charge in [-0.1, -0.05) is 17.7 Å². The Morgan fingerprint density at radius 3 is 2.70 bits per heavy atom. The van der Waals surface area contributed by atoms with E-state index in [1.807, 2.05) is 26.0 Å². The van der Waals surface area contributed by atoms with E-state index in [0.29, 0.717) is 18.7 Å². The molecule has 1 fully saturated rings. The number of carbonyl (C=O) groups excluding carboxylic acids is 2. The van der Waals surface area contributed by atoms with Crippen molar-refractivity contribution in [2.75, 3.05) is 18.4 Å². The molecule has 23 heavy (non-hydrogen) atoms. The van der Waals surface area contributed by atoms with E-state index in [4.69, 9.17) is 5.11 Å². The number of rotatable bonds is 4. The summed E-state index contributed by atoms with van der Waals surface area (Å²) in [5.74, 6) is -1.45. The van der Waals surface area contributed by atoms with Gasteiger partial charge < -0.3 is 10.4 Å². The summed E-state index contributed by atoms with van der Waals surface area (Å²) in [4.78, 5) is 36.4. The van der Waals surface area contributed by atoms with Crippen LogP contribution in [-0.2, 0) is 9.59 Å². The van der Waals surface area contributed by atoms with Gasteiger partial charge in [-0.05, 0) is 44.9 Å². The average Bonchev–Trinajstić information content (AvgIpc) is 2.90. The van der Waals surface area contributed by atoms with E-state index in [1.54, 1.807) is 11.0 Å². The van der Waals surface area contributed by atoms with Gasteiger partial charge in [-0.3, -0.25) is 19.8 Å². The van der Waals surface area contributed by atoms with Crippen LogP contribution in [0.15, 0.2) is 18.2 Å². The lowest BCUT2D eigenvalue weighted by Crippen LogP contribution is -2.45. The van der Waals surface area contributed by atoms with Crippen molar-refractivity contribution in [1.29, 1.82) is 0 Å². The smallest absolute Gasteiger partial charge is 0.325 e. The highest BCUT2D eigenvalue weighted by molar-refractivity contribution is 6.02. The summed E-state index contributed by atoms with van der Waals surface area (Å²) in [6.45, 7) is 4.27. The Balaban J connectivity index is 1.87. The minimum absolute atomic E-state index is 0.0999. The second-order valence-electron chi connectivity index (χ2n) is 5.79. The number of aryl methyl sites for hydroxylation is 2. The van der Waals surface area contributed by atoms with Gasteiger partial charge in [-0.25, -0.2) is 4.79 Å². The SMILES string of the molecule is Cc1ccc(NC(=O)NC(=O)CN2CCCC2C(=O)O)c(C)c1. The molecule has 1 saturated heterocycles. The number of anilines is 1. The second kappa shape index (κ2) is 7.23. The molecule has 1 aliphatic heterocycles. The average molecular weight is 319 g/mol. The summed E-state index contributed by atoms with van der Waals surface area (Å²) in [7, 11) is 0. The van der Waals surface area contributed by atoms with Gasteiger partial charge in [-0.2, -0.15) is 0 Å². The first-order valence-corrected chi connectivity index (χ1v) is 7.52. The molecule has 124 valence electrons. The molecule has 7 nitrogen and oxygen atoms in total. The third kappa shape index (κ3) is 4.53. The molecule has 3 amide bonds. The Hall–Kier alpha value is -2.41. The van der Waals surface area contributed by atoms with Gasteiger partial charge in [0.2, 0.25) is 5.91 Å². The highest BCUT2D eigenvalue weighted by Gasteiger charge is 2.31. The summed E-state index contributed by atoms with van der Waals surface area (Å²) in [6, 6.07) is 4.30. The number of hydrogen-bond donors (Lipinski definition) is 3. The lowest BCUT2D eigenvalue weighted by molar-refractivity contribution is -0.142. The van der Waals surface area contributed by atoms with Crippen molar-refractivity contribution in [1.82, 2.24) is 10.2 Å². The standard InChI is InChI=1S/C16H21N3O4/c1-10-5-6-12(11(2)8-10)17-16(23)18-14(20)9-19-7-3-4-13(19)15(21)22/h5-6,8,13H,3-4,7,9H2,1-2H3,(H,21,22)(H2,17,18,20,23). The monoisotopic (exact) mass is 319 g/mol. The molecule has 1 aromatic rings. The van der Waals surface area contributed by atoms with E-state index in [1.165, 1.54) is 0 Å². The molecule has 0 spiro atoms. The molecule has 7 heteroatoms. The van der Waals surface area contributed by atoms with Gasteiger partial charge in [0.05, 0.1) is 6.54 Å². The van der Waals surface area contributed by atoms with E-state index in [2.05, 4.69) is 10.6 Å². The molecule has 1 aliphatic rings. The molecule has 0 aromatic heterocycles. The van der Waals surface area contributed by atoms with Crippen molar-refractivity contribution in [3.05, 3.63) is 29.3 Å². The predicted octanol–water partition coefficient (Wildman–Crippen LogP) is 1.50. The molecule has 3 N–H and O–H groups in total. The van der Waals surface area contributed by atoms with Gasteiger partial charge in [0.15, 0.2) is 0 Å². The maximum absolute atomic E-state index is 11.9. The van der Waals surface area contributed by atoms with Crippen LogP contribution in [0.1, 0.15) is 24.0 Å². The number of hydrogen-bond acceptors (Lipinski definition) is 4. The third-order valence-corrected chi connectivity index (χ3v) is 3.88. The van der Waals surface area contributed by atoms with Crippen LogP contribution in [0.4, 0.5) is 10.5 Å². The molecule has 0 aliphatic carbocycles. The molecule has 1 heterocycles. The molecular weight excluding hydrogens is 298 g/mol. The second-order valence-corrected chi connectivity index (χ2v) is 5.79. The predicted molar refractivity (Wildman–Crippen MR) is 85.3 cm³/mol. The number of nitrogens with one attached hydrogen (secondary N) is 2. The molecule has 0 radical (unpaired) electrons. The van der Waals surface area contributed by atoms with Gasteiger partial charge in [-0.15, -0.1) is 0 Å². The van der Waals surface area contributed by atoms with Gasteiger partial charge >= 0.3 is 12.0 Å². The van der Waals surface area contributed by atoms with Crippen LogP contribution in [0.25, 0.3) is 0 Å². The van der Waals surface area contributed by atoms with Crippen LogP contribution in [-0.4, -0.2) is 47.0 Å². The normalized spacial score (nSPS) is 17.7. The van der Waals surface area contributed by atoms with E-state index < -0.39 is 23.9 Å².